The first-order valence-corrected chi connectivity index (χ1v) is 4.18. The summed E-state index contributed by atoms with van der Waals surface area (Å²) < 4.78 is 0. The third kappa shape index (κ3) is 1.54. The normalized spacial score (nSPS) is 18.7. The fourth-order valence-corrected chi connectivity index (χ4v) is 1.21. The number of hydrogen-bond donors (Lipinski definition) is 1. The topological polar surface area (TPSA) is 62.0 Å². The van der Waals surface area contributed by atoms with Gasteiger partial charge in [-0.2, -0.15) is 10.2 Å². The number of benzene rings is 1. The van der Waals surface area contributed by atoms with Gasteiger partial charge in [0.15, 0.2) is 6.04 Å². The summed E-state index contributed by atoms with van der Waals surface area (Å²) in [7, 11) is 0. The predicted molar refractivity (Wildman–Crippen MR) is 51.4 cm³/mol. The highest BCUT2D eigenvalue weighted by atomic mass is 16.4. The van der Waals surface area contributed by atoms with Crippen molar-refractivity contribution in [3.05, 3.63) is 35.9 Å². The van der Waals surface area contributed by atoms with Crippen molar-refractivity contribution in [1.82, 2.24) is 0 Å². The molecular formula is C10H8N2O2. The number of nitrogens with zero attached hydrogens (tertiary/aromatic N) is 2. The van der Waals surface area contributed by atoms with Gasteiger partial charge in [-0.1, -0.05) is 24.3 Å². The lowest BCUT2D eigenvalue weighted by atomic mass is 10.1. The third-order valence-corrected chi connectivity index (χ3v) is 1.94. The fourth-order valence-electron chi connectivity index (χ4n) is 1.21. The number of carboxylic acid groups (broad SMARTS) is 1. The van der Waals surface area contributed by atoms with Gasteiger partial charge >= 0.3 is 5.97 Å². The molecule has 0 saturated heterocycles. The number of hydrogen-bond acceptors (Lipinski definition) is 3. The highest BCUT2D eigenvalue weighted by molar-refractivity contribution is 5.79. The third-order valence-electron chi connectivity index (χ3n) is 1.94. The fraction of sp³-hybridized carbons (Fsp3) is 0.100. The Hall–Kier alpha value is -1.97. The van der Waals surface area contributed by atoms with E-state index in [1.165, 1.54) is 6.08 Å². The second kappa shape index (κ2) is 3.41. The highest BCUT2D eigenvalue weighted by Crippen LogP contribution is 2.23. The summed E-state index contributed by atoms with van der Waals surface area (Å²) in [6.07, 6.45) is 3.26. The summed E-state index contributed by atoms with van der Waals surface area (Å²) >= 11 is 0. The summed E-state index contributed by atoms with van der Waals surface area (Å²) in [4.78, 5) is 10.7. The Morgan fingerprint density at radius 3 is 2.93 bits per heavy atom. The molecule has 1 aliphatic heterocycles. The molecule has 1 aliphatic rings. The lowest BCUT2D eigenvalue weighted by Gasteiger charge is -1.95. The van der Waals surface area contributed by atoms with Gasteiger partial charge in [0.05, 0.1) is 5.69 Å². The maximum Gasteiger partial charge on any atom is 0.334 e. The van der Waals surface area contributed by atoms with Gasteiger partial charge in [0.1, 0.15) is 0 Å². The molecule has 0 bridgehead atoms. The number of carbonyl (C=O) groups is 1. The monoisotopic (exact) mass is 188 g/mol. The molecule has 1 heterocycles. The molecule has 1 atom stereocenters. The van der Waals surface area contributed by atoms with Crippen LogP contribution < -0.4 is 0 Å². The molecule has 0 aliphatic carbocycles. The average Bonchev–Trinajstić information content (AvgIpc) is 2.39. The van der Waals surface area contributed by atoms with E-state index in [0.717, 1.165) is 5.56 Å². The number of azo groups is 1. The maximum atomic E-state index is 10.7. The summed E-state index contributed by atoms with van der Waals surface area (Å²) in [5, 5.41) is 16.3. The van der Waals surface area contributed by atoms with Crippen LogP contribution in [0.3, 0.4) is 0 Å². The van der Waals surface area contributed by atoms with E-state index in [1.807, 2.05) is 18.2 Å². The zero-order valence-electron chi connectivity index (χ0n) is 7.29. The van der Waals surface area contributed by atoms with Gasteiger partial charge in [-0.25, -0.2) is 4.79 Å². The van der Waals surface area contributed by atoms with E-state index in [9.17, 15) is 4.79 Å². The Morgan fingerprint density at radius 1 is 1.36 bits per heavy atom. The molecular weight excluding hydrogens is 180 g/mol. The molecule has 0 amide bonds. The smallest absolute Gasteiger partial charge is 0.334 e. The minimum atomic E-state index is -0.988. The van der Waals surface area contributed by atoms with E-state index < -0.39 is 12.0 Å². The van der Waals surface area contributed by atoms with Crippen molar-refractivity contribution in [2.75, 3.05) is 0 Å². The standard InChI is InChI=1S/C10H8N2O2/c13-10(14)9-6-5-7-3-1-2-4-8(7)11-12-9/h1-6,9H,(H,13,14). The van der Waals surface area contributed by atoms with E-state index in [-0.39, 0.29) is 0 Å². The molecule has 1 N–H and O–H groups in total. The first-order chi connectivity index (χ1) is 6.77. The van der Waals surface area contributed by atoms with Crippen LogP contribution in [0.25, 0.3) is 6.08 Å². The van der Waals surface area contributed by atoms with E-state index in [4.69, 9.17) is 5.11 Å². The van der Waals surface area contributed by atoms with E-state index >= 15 is 0 Å². The Balaban J connectivity index is 2.42. The summed E-state index contributed by atoms with van der Waals surface area (Å²) in [6, 6.07) is 6.51. The molecule has 4 heteroatoms. The Bertz CT molecular complexity index is 391. The van der Waals surface area contributed by atoms with Gasteiger partial charge in [0.2, 0.25) is 0 Å². The Labute approximate surface area is 80.6 Å². The molecule has 0 saturated carbocycles. The van der Waals surface area contributed by atoms with Crippen molar-refractivity contribution in [2.45, 2.75) is 6.04 Å². The molecule has 4 nitrogen and oxygen atoms in total. The van der Waals surface area contributed by atoms with Gasteiger partial charge in [-0.3, -0.25) is 0 Å². The molecule has 14 heavy (non-hydrogen) atoms. The molecule has 1 aromatic carbocycles. The van der Waals surface area contributed by atoms with Gasteiger partial charge in [0.25, 0.3) is 0 Å². The molecule has 1 unspecified atom stereocenters. The summed E-state index contributed by atoms with van der Waals surface area (Å²) in [5.74, 6) is -0.988. The quantitative estimate of drug-likeness (QED) is 0.734. The molecule has 0 spiro atoms. The van der Waals surface area contributed by atoms with Crippen LogP contribution in [0, 0.1) is 0 Å². The van der Waals surface area contributed by atoms with Gasteiger partial charge in [-0.15, -0.1) is 0 Å². The minimum absolute atomic E-state index is 0.701. The lowest BCUT2D eigenvalue weighted by molar-refractivity contribution is -0.137. The largest absolute Gasteiger partial charge is 0.479 e. The van der Waals surface area contributed by atoms with Crippen LogP contribution in [0.5, 0.6) is 0 Å². The Morgan fingerprint density at radius 2 is 2.14 bits per heavy atom. The first-order valence-electron chi connectivity index (χ1n) is 4.18. The van der Waals surface area contributed by atoms with Crippen LogP contribution >= 0.6 is 0 Å². The van der Waals surface area contributed by atoms with E-state index in [0.29, 0.717) is 5.69 Å². The van der Waals surface area contributed by atoms with Crippen molar-refractivity contribution < 1.29 is 9.90 Å². The molecule has 0 radical (unpaired) electrons. The number of rotatable bonds is 1. The van der Waals surface area contributed by atoms with Crippen LogP contribution in [-0.2, 0) is 4.79 Å². The molecule has 0 aromatic heterocycles. The van der Waals surface area contributed by atoms with Crippen molar-refractivity contribution in [1.29, 1.82) is 0 Å². The van der Waals surface area contributed by atoms with Crippen LogP contribution in [-0.4, -0.2) is 17.1 Å². The lowest BCUT2D eigenvalue weighted by Crippen LogP contribution is -2.13. The number of aliphatic carboxylic acids is 1. The zero-order valence-corrected chi connectivity index (χ0v) is 7.29. The van der Waals surface area contributed by atoms with Crippen LogP contribution in [0.1, 0.15) is 5.56 Å². The van der Waals surface area contributed by atoms with Crippen LogP contribution in [0.15, 0.2) is 40.6 Å². The Kier molecular flexibility index (Phi) is 2.10. The van der Waals surface area contributed by atoms with Gasteiger partial charge in [-0.05, 0) is 12.1 Å². The summed E-state index contributed by atoms with van der Waals surface area (Å²) in [5.41, 5.74) is 1.59. The number of carboxylic acids is 1. The van der Waals surface area contributed by atoms with E-state index in [2.05, 4.69) is 10.2 Å². The second-order valence-corrected chi connectivity index (χ2v) is 2.92. The summed E-state index contributed by atoms with van der Waals surface area (Å²) in [6.45, 7) is 0. The molecule has 0 fully saturated rings. The second-order valence-electron chi connectivity index (χ2n) is 2.92. The zero-order chi connectivity index (χ0) is 9.97. The predicted octanol–water partition coefficient (Wildman–Crippen LogP) is 2.25. The van der Waals surface area contributed by atoms with Gasteiger partial charge in [0, 0.05) is 5.56 Å². The molecule has 70 valence electrons. The highest BCUT2D eigenvalue weighted by Gasteiger charge is 2.14. The van der Waals surface area contributed by atoms with Gasteiger partial charge < -0.3 is 5.11 Å². The first kappa shape index (κ1) is 8.62. The molecule has 1 aromatic rings. The average molecular weight is 188 g/mol. The number of fused-ring (bicyclic) bond motifs is 1. The van der Waals surface area contributed by atoms with Crippen LogP contribution in [0.2, 0.25) is 0 Å². The SMILES string of the molecule is O=C(O)C1C=Cc2ccccc2N=N1. The van der Waals surface area contributed by atoms with Crippen molar-refractivity contribution in [3.8, 4) is 0 Å². The van der Waals surface area contributed by atoms with Crippen LogP contribution in [0.4, 0.5) is 5.69 Å². The van der Waals surface area contributed by atoms with E-state index in [1.54, 1.807) is 12.1 Å². The maximum absolute atomic E-state index is 10.7. The van der Waals surface area contributed by atoms with Crippen molar-refractivity contribution in [2.24, 2.45) is 10.2 Å². The van der Waals surface area contributed by atoms with Crippen molar-refractivity contribution >= 4 is 17.7 Å². The minimum Gasteiger partial charge on any atom is -0.479 e. The van der Waals surface area contributed by atoms with Crippen molar-refractivity contribution in [3.63, 3.8) is 0 Å². The molecule has 2 rings (SSSR count).